The molecule has 2 fully saturated rings. The Balaban J connectivity index is 1.22. The molecule has 214 valence electrons. The van der Waals surface area contributed by atoms with E-state index in [4.69, 9.17) is 25.5 Å². The predicted molar refractivity (Wildman–Crippen MR) is 137 cm³/mol. The van der Waals surface area contributed by atoms with Crippen LogP contribution in [-0.4, -0.2) is 91.3 Å². The summed E-state index contributed by atoms with van der Waals surface area (Å²) in [4.78, 5) is 46.1. The number of imidazole rings is 2. The molecule has 0 aliphatic carbocycles. The molecule has 8 atom stereocenters. The topological polar surface area (TPSA) is 265 Å². The lowest BCUT2D eigenvalue weighted by Gasteiger charge is -2.25. The zero-order valence-electron chi connectivity index (χ0n) is 21.0. The number of hydrogen-bond donors (Lipinski definition) is 6. The van der Waals surface area contributed by atoms with Gasteiger partial charge >= 0.3 is 7.60 Å². The van der Waals surface area contributed by atoms with E-state index < -0.39 is 68.7 Å². The van der Waals surface area contributed by atoms with Crippen LogP contribution in [0.2, 0.25) is 0 Å². The summed E-state index contributed by atoms with van der Waals surface area (Å²) in [7, 11) is -4.49. The van der Waals surface area contributed by atoms with Crippen LogP contribution >= 0.6 is 7.60 Å². The van der Waals surface area contributed by atoms with Crippen molar-refractivity contribution >= 4 is 41.7 Å². The molecule has 0 saturated carbocycles. The van der Waals surface area contributed by atoms with E-state index >= 15 is 0 Å². The molecule has 0 aromatic carbocycles. The Morgan fingerprint density at radius 1 is 1.12 bits per heavy atom. The van der Waals surface area contributed by atoms with Gasteiger partial charge in [-0.2, -0.15) is 4.98 Å². The van der Waals surface area contributed by atoms with Crippen molar-refractivity contribution in [2.75, 3.05) is 24.7 Å². The van der Waals surface area contributed by atoms with Gasteiger partial charge in [-0.1, -0.05) is 6.92 Å². The van der Waals surface area contributed by atoms with Crippen molar-refractivity contribution in [2.24, 2.45) is 5.92 Å². The van der Waals surface area contributed by atoms with Gasteiger partial charge in [0.15, 0.2) is 28.9 Å². The highest BCUT2D eigenvalue weighted by atomic mass is 31.2. The summed E-state index contributed by atoms with van der Waals surface area (Å²) in [5, 5.41) is 20.6. The lowest BCUT2D eigenvalue weighted by atomic mass is 10.0. The minimum atomic E-state index is -4.49. The second-order valence-corrected chi connectivity index (χ2v) is 11.8. The van der Waals surface area contributed by atoms with E-state index in [-0.39, 0.29) is 29.4 Å². The van der Waals surface area contributed by atoms with Crippen LogP contribution in [0, 0.1) is 5.92 Å². The van der Waals surface area contributed by atoms with Crippen molar-refractivity contribution in [3.8, 4) is 0 Å². The van der Waals surface area contributed by atoms with Crippen LogP contribution in [0.15, 0.2) is 23.8 Å². The van der Waals surface area contributed by atoms with Crippen molar-refractivity contribution in [3.63, 3.8) is 0 Å². The highest BCUT2D eigenvalue weighted by molar-refractivity contribution is 7.53. The third kappa shape index (κ3) is 4.33. The third-order valence-corrected chi connectivity index (χ3v) is 9.10. The molecule has 18 nitrogen and oxygen atoms in total. The van der Waals surface area contributed by atoms with Crippen LogP contribution in [0.1, 0.15) is 25.8 Å². The molecule has 4 aromatic rings. The lowest BCUT2D eigenvalue weighted by molar-refractivity contribution is -0.0430. The number of H-pyrrole nitrogens is 1. The van der Waals surface area contributed by atoms with Crippen LogP contribution in [-0.2, 0) is 18.6 Å². The highest BCUT2D eigenvalue weighted by Crippen LogP contribution is 2.57. The number of nitrogens with two attached hydrogens (primary N) is 2. The molecule has 2 saturated heterocycles. The van der Waals surface area contributed by atoms with Crippen LogP contribution in [0.4, 0.5) is 11.8 Å². The van der Waals surface area contributed by atoms with Gasteiger partial charge in [-0.25, -0.2) is 19.9 Å². The molecule has 0 radical (unpaired) electrons. The maximum absolute atomic E-state index is 13.6. The van der Waals surface area contributed by atoms with Gasteiger partial charge in [-0.15, -0.1) is 0 Å². The van der Waals surface area contributed by atoms with Crippen LogP contribution in [0.25, 0.3) is 22.3 Å². The molecule has 6 rings (SSSR count). The van der Waals surface area contributed by atoms with Crippen LogP contribution < -0.4 is 17.0 Å². The number of aliphatic hydroxyl groups is 2. The summed E-state index contributed by atoms with van der Waals surface area (Å²) in [5.41, 5.74) is 10.6. The molecule has 2 aliphatic heterocycles. The first kappa shape index (κ1) is 26.7. The fraction of sp³-hybridized carbons (Fsp3) is 0.524. The highest BCUT2D eigenvalue weighted by Gasteiger charge is 2.50. The molecular formula is C21H27N10O8P. The molecule has 6 heterocycles. The number of aromatic nitrogens is 8. The maximum Gasteiger partial charge on any atom is 0.335 e. The number of aromatic amines is 1. The van der Waals surface area contributed by atoms with Crippen LogP contribution in [0.3, 0.4) is 0 Å². The van der Waals surface area contributed by atoms with Crippen molar-refractivity contribution in [3.05, 3.63) is 29.3 Å². The molecule has 40 heavy (non-hydrogen) atoms. The van der Waals surface area contributed by atoms with E-state index in [9.17, 15) is 24.5 Å². The molecular weight excluding hydrogens is 551 g/mol. The third-order valence-electron chi connectivity index (χ3n) is 7.28. The second kappa shape index (κ2) is 9.84. The molecule has 0 bridgehead atoms. The second-order valence-electron chi connectivity index (χ2n) is 9.77. The number of hydrogen-bond acceptors (Lipinski definition) is 14. The van der Waals surface area contributed by atoms with Crippen LogP contribution in [0.5, 0.6) is 0 Å². The van der Waals surface area contributed by atoms with E-state index in [1.54, 1.807) is 11.5 Å². The maximum atomic E-state index is 13.6. The Morgan fingerprint density at radius 2 is 1.85 bits per heavy atom. The number of nitrogens with zero attached hydrogens (tertiary/aromatic N) is 7. The Morgan fingerprint density at radius 3 is 2.60 bits per heavy atom. The predicted octanol–water partition coefficient (Wildman–Crippen LogP) is -1.13. The Kier molecular flexibility index (Phi) is 6.57. The van der Waals surface area contributed by atoms with Gasteiger partial charge in [-0.3, -0.25) is 23.5 Å². The Bertz CT molecular complexity index is 1670. The summed E-state index contributed by atoms with van der Waals surface area (Å²) in [5.74, 6) is -0.445. The van der Waals surface area contributed by atoms with Gasteiger partial charge < -0.3 is 40.6 Å². The minimum absolute atomic E-state index is 0.0391. The number of fused-ring (bicyclic) bond motifs is 2. The normalized spacial score (nSPS) is 30.4. The standard InChI is InChI=1S/C21H27N10O8P/c1-8-14(33)10(39-19(8)30-6-26-12-15(22)24-5-25-16(12)30)4-37-40(35,36)11-2-9(3-32)38-20(11)31-7-27-13-17(31)28-21(23)29-18(13)34/h5-11,14,19-20,32-33H,2-4H2,1H3,(H,35,36)(H2,22,24,25)(H3,23,28,29,34)/t8-,9-,10+,11+,14-,19+,20+/m0/s1. The van der Waals surface area contributed by atoms with E-state index in [1.165, 1.54) is 23.5 Å². The van der Waals surface area contributed by atoms with E-state index in [0.717, 1.165) is 0 Å². The molecule has 0 amide bonds. The summed E-state index contributed by atoms with van der Waals surface area (Å²) in [6.07, 6.45) is -0.728. The van der Waals surface area contributed by atoms with Crippen molar-refractivity contribution in [1.82, 2.24) is 39.0 Å². The van der Waals surface area contributed by atoms with E-state index in [1.807, 2.05) is 0 Å². The zero-order valence-corrected chi connectivity index (χ0v) is 21.9. The van der Waals surface area contributed by atoms with Gasteiger partial charge in [0.25, 0.3) is 5.56 Å². The van der Waals surface area contributed by atoms with Gasteiger partial charge in [0.1, 0.15) is 29.8 Å². The smallest absolute Gasteiger partial charge is 0.335 e. The Labute approximate surface area is 224 Å². The lowest BCUT2D eigenvalue weighted by Crippen LogP contribution is -2.30. The molecule has 1 unspecified atom stereocenters. The quantitative estimate of drug-likeness (QED) is 0.142. The number of nitrogen functional groups attached to an aromatic ring is 2. The average molecular weight is 578 g/mol. The zero-order chi connectivity index (χ0) is 28.3. The van der Waals surface area contributed by atoms with Gasteiger partial charge in [0, 0.05) is 5.92 Å². The fourth-order valence-electron chi connectivity index (χ4n) is 5.20. The first-order chi connectivity index (χ1) is 19.1. The fourth-order valence-corrected chi connectivity index (χ4v) is 6.79. The van der Waals surface area contributed by atoms with Gasteiger partial charge in [0.05, 0.1) is 38.1 Å². The first-order valence-corrected chi connectivity index (χ1v) is 14.0. The van der Waals surface area contributed by atoms with Crippen molar-refractivity contribution in [1.29, 1.82) is 0 Å². The summed E-state index contributed by atoms with van der Waals surface area (Å²) in [6.45, 7) is 0.899. The van der Waals surface area contributed by atoms with E-state index in [2.05, 4.69) is 29.9 Å². The number of rotatable bonds is 7. The molecule has 4 aromatic heterocycles. The molecule has 0 spiro atoms. The summed E-state index contributed by atoms with van der Waals surface area (Å²) in [6, 6.07) is 0. The Hall–Kier alpha value is -3.51. The number of nitrogens with one attached hydrogen (secondary N) is 1. The SMILES string of the molecule is C[C@H]1[C@H](O)[C@@H](COP(=O)(O)[C@@H]2C[C@@H](CO)O[C@H]2n2cnc3c(=O)[nH]c(N)nc32)O[C@H]1n1cnc2c(N)ncnc21. The molecule has 2 aliphatic rings. The number of ether oxygens (including phenoxy) is 2. The number of aliphatic hydroxyl groups excluding tert-OH is 2. The minimum Gasteiger partial charge on any atom is -0.394 e. The first-order valence-electron chi connectivity index (χ1n) is 12.3. The molecule has 19 heteroatoms. The summed E-state index contributed by atoms with van der Waals surface area (Å²) < 4.78 is 33.8. The monoisotopic (exact) mass is 578 g/mol. The average Bonchev–Trinajstić information content (AvgIpc) is 3.69. The van der Waals surface area contributed by atoms with Crippen molar-refractivity contribution in [2.45, 2.75) is 49.8 Å². The number of anilines is 2. The summed E-state index contributed by atoms with van der Waals surface area (Å²) >= 11 is 0. The molecule has 8 N–H and O–H groups in total. The van der Waals surface area contributed by atoms with Gasteiger partial charge in [-0.05, 0) is 6.42 Å². The largest absolute Gasteiger partial charge is 0.394 e. The van der Waals surface area contributed by atoms with E-state index in [0.29, 0.717) is 11.2 Å². The van der Waals surface area contributed by atoms with Gasteiger partial charge in [0.2, 0.25) is 5.95 Å². The van der Waals surface area contributed by atoms with Crippen molar-refractivity contribution < 1.29 is 33.7 Å².